The van der Waals surface area contributed by atoms with Crippen LogP contribution in [-0.2, 0) is 22.4 Å². The van der Waals surface area contributed by atoms with E-state index < -0.39 is 12.1 Å². The van der Waals surface area contributed by atoms with Crippen molar-refractivity contribution in [1.82, 2.24) is 10.6 Å². The Labute approximate surface area is 141 Å². The topological polar surface area (TPSA) is 78.4 Å². The number of carbonyl (C=O) groups is 2. The maximum atomic E-state index is 12.4. The average Bonchev–Trinajstić information content (AvgIpc) is 2.61. The van der Waals surface area contributed by atoms with Crippen molar-refractivity contribution in [2.45, 2.75) is 24.9 Å². The maximum absolute atomic E-state index is 12.4. The number of rotatable bonds is 8. The van der Waals surface area contributed by atoms with Gasteiger partial charge in [0.05, 0.1) is 12.1 Å². The van der Waals surface area contributed by atoms with Crippen LogP contribution in [0.3, 0.4) is 0 Å². The van der Waals surface area contributed by atoms with Gasteiger partial charge in [-0.1, -0.05) is 42.5 Å². The summed E-state index contributed by atoms with van der Waals surface area (Å²) in [4.78, 5) is 23.7. The maximum Gasteiger partial charge on any atom is 0.238 e. The van der Waals surface area contributed by atoms with Crippen LogP contribution in [0.2, 0.25) is 0 Å². The summed E-state index contributed by atoms with van der Waals surface area (Å²) in [5, 5.41) is 15.0. The van der Waals surface area contributed by atoms with Gasteiger partial charge < -0.3 is 20.5 Å². The largest absolute Gasteiger partial charge is 0.508 e. The monoisotopic (exact) mass is 326 g/mol. The van der Waals surface area contributed by atoms with Gasteiger partial charge in [-0.2, -0.15) is 0 Å². The van der Waals surface area contributed by atoms with Gasteiger partial charge in [-0.3, -0.25) is 4.79 Å². The second kappa shape index (κ2) is 8.84. The number of nitrogens with one attached hydrogen (secondary N) is 2. The van der Waals surface area contributed by atoms with Gasteiger partial charge in [0, 0.05) is 0 Å². The SMILES string of the molecule is CN[C@@H](Cc1ccccc1)C(=O)N[C@H](C=O)Cc1ccc(O)cc1. The molecule has 5 heteroatoms. The number of phenols is 1. The number of hydrogen-bond donors (Lipinski definition) is 3. The van der Waals surface area contributed by atoms with Gasteiger partial charge in [-0.15, -0.1) is 0 Å². The molecule has 5 nitrogen and oxygen atoms in total. The number of carbonyl (C=O) groups excluding carboxylic acids is 2. The number of benzene rings is 2. The van der Waals surface area contributed by atoms with Crippen molar-refractivity contribution in [3.05, 3.63) is 65.7 Å². The molecule has 0 heterocycles. The van der Waals surface area contributed by atoms with Crippen LogP contribution < -0.4 is 10.6 Å². The molecule has 2 atom stereocenters. The summed E-state index contributed by atoms with van der Waals surface area (Å²) in [7, 11) is 1.73. The molecule has 3 N–H and O–H groups in total. The summed E-state index contributed by atoms with van der Waals surface area (Å²) >= 11 is 0. The molecule has 0 radical (unpaired) electrons. The number of hydrogen-bond acceptors (Lipinski definition) is 4. The predicted molar refractivity (Wildman–Crippen MR) is 92.8 cm³/mol. The standard InChI is InChI=1S/C19H22N2O3/c1-20-18(12-14-5-3-2-4-6-14)19(24)21-16(13-22)11-15-7-9-17(23)10-8-15/h2-10,13,16,18,20,23H,11-12H2,1H3,(H,21,24)/t16-,18-/m0/s1. The molecule has 0 aromatic heterocycles. The van der Waals surface area contributed by atoms with Gasteiger partial charge in [0.15, 0.2) is 0 Å². The molecular weight excluding hydrogens is 304 g/mol. The van der Waals surface area contributed by atoms with Crippen LogP contribution in [0.4, 0.5) is 0 Å². The molecule has 0 spiro atoms. The molecule has 0 bridgehead atoms. The van der Waals surface area contributed by atoms with E-state index in [-0.39, 0.29) is 11.7 Å². The molecule has 0 aliphatic rings. The van der Waals surface area contributed by atoms with E-state index in [0.29, 0.717) is 12.8 Å². The van der Waals surface area contributed by atoms with Crippen molar-refractivity contribution >= 4 is 12.2 Å². The fraction of sp³-hybridized carbons (Fsp3) is 0.263. The average molecular weight is 326 g/mol. The third-order valence-corrected chi connectivity index (χ3v) is 3.83. The first kappa shape index (κ1) is 17.7. The highest BCUT2D eigenvalue weighted by Crippen LogP contribution is 2.11. The van der Waals surface area contributed by atoms with E-state index in [1.165, 1.54) is 0 Å². The Morgan fingerprint density at radius 3 is 2.25 bits per heavy atom. The van der Waals surface area contributed by atoms with Gasteiger partial charge in [-0.25, -0.2) is 0 Å². The van der Waals surface area contributed by atoms with Crippen molar-refractivity contribution in [2.75, 3.05) is 7.05 Å². The van der Waals surface area contributed by atoms with E-state index in [1.54, 1.807) is 31.3 Å². The van der Waals surface area contributed by atoms with E-state index in [0.717, 1.165) is 17.4 Å². The zero-order chi connectivity index (χ0) is 17.4. The minimum atomic E-state index is -0.603. The first-order valence-electron chi connectivity index (χ1n) is 7.87. The molecule has 126 valence electrons. The van der Waals surface area contributed by atoms with Crippen molar-refractivity contribution in [3.63, 3.8) is 0 Å². The predicted octanol–water partition coefficient (Wildman–Crippen LogP) is 1.45. The molecule has 2 aromatic rings. The number of aldehydes is 1. The molecule has 0 aliphatic heterocycles. The van der Waals surface area contributed by atoms with Gasteiger partial charge in [-0.05, 0) is 43.1 Å². The Morgan fingerprint density at radius 1 is 1.04 bits per heavy atom. The molecule has 0 fully saturated rings. The fourth-order valence-electron chi connectivity index (χ4n) is 2.48. The third-order valence-electron chi connectivity index (χ3n) is 3.83. The molecule has 0 saturated carbocycles. The quantitative estimate of drug-likeness (QED) is 0.642. The van der Waals surface area contributed by atoms with Crippen molar-refractivity contribution < 1.29 is 14.7 Å². The van der Waals surface area contributed by atoms with Crippen LogP contribution in [0.25, 0.3) is 0 Å². The van der Waals surface area contributed by atoms with Crippen LogP contribution in [0, 0.1) is 0 Å². The van der Waals surface area contributed by atoms with E-state index in [4.69, 9.17) is 0 Å². The summed E-state index contributed by atoms with van der Waals surface area (Å²) in [6.45, 7) is 0. The highest BCUT2D eigenvalue weighted by molar-refractivity contribution is 5.84. The molecule has 0 aliphatic carbocycles. The van der Waals surface area contributed by atoms with Crippen molar-refractivity contribution in [3.8, 4) is 5.75 Å². The Hall–Kier alpha value is -2.66. The lowest BCUT2D eigenvalue weighted by Gasteiger charge is -2.19. The molecule has 0 unspecified atom stereocenters. The van der Waals surface area contributed by atoms with E-state index in [1.807, 2.05) is 30.3 Å². The minimum Gasteiger partial charge on any atom is -0.508 e. The number of phenolic OH excluding ortho intramolecular Hbond substituents is 1. The second-order valence-electron chi connectivity index (χ2n) is 5.65. The zero-order valence-electron chi connectivity index (χ0n) is 13.6. The van der Waals surface area contributed by atoms with Crippen molar-refractivity contribution in [2.24, 2.45) is 0 Å². The minimum absolute atomic E-state index is 0.170. The molecular formula is C19H22N2O3. The summed E-state index contributed by atoms with van der Waals surface area (Å²) in [6.07, 6.45) is 1.67. The van der Waals surface area contributed by atoms with Crippen LogP contribution in [0.15, 0.2) is 54.6 Å². The summed E-state index contributed by atoms with van der Waals surface area (Å²) in [5.41, 5.74) is 1.92. The summed E-state index contributed by atoms with van der Waals surface area (Å²) in [5.74, 6) is -0.0409. The van der Waals surface area contributed by atoms with Gasteiger partial charge >= 0.3 is 0 Å². The normalized spacial score (nSPS) is 13.0. The zero-order valence-corrected chi connectivity index (χ0v) is 13.6. The van der Waals surface area contributed by atoms with Crippen LogP contribution >= 0.6 is 0 Å². The highest BCUT2D eigenvalue weighted by Gasteiger charge is 2.20. The molecule has 2 rings (SSSR count). The van der Waals surface area contributed by atoms with E-state index in [9.17, 15) is 14.7 Å². The summed E-state index contributed by atoms with van der Waals surface area (Å²) in [6, 6.07) is 15.3. The fourth-order valence-corrected chi connectivity index (χ4v) is 2.48. The Bertz CT molecular complexity index is 656. The van der Waals surface area contributed by atoms with Crippen LogP contribution in [0.1, 0.15) is 11.1 Å². The first-order valence-corrected chi connectivity index (χ1v) is 7.87. The lowest BCUT2D eigenvalue weighted by molar-refractivity contribution is -0.125. The lowest BCUT2D eigenvalue weighted by atomic mass is 10.0. The summed E-state index contributed by atoms with van der Waals surface area (Å²) < 4.78 is 0. The first-order chi connectivity index (χ1) is 11.6. The Morgan fingerprint density at radius 2 is 1.67 bits per heavy atom. The van der Waals surface area contributed by atoms with Gasteiger partial charge in [0.1, 0.15) is 12.0 Å². The Kier molecular flexibility index (Phi) is 6.51. The van der Waals surface area contributed by atoms with Gasteiger partial charge in [0.2, 0.25) is 5.91 Å². The van der Waals surface area contributed by atoms with E-state index in [2.05, 4.69) is 10.6 Å². The number of likely N-dealkylation sites (N-methyl/N-ethyl adjacent to an activating group) is 1. The molecule has 24 heavy (non-hydrogen) atoms. The number of amides is 1. The lowest BCUT2D eigenvalue weighted by Crippen LogP contribution is -2.48. The smallest absolute Gasteiger partial charge is 0.238 e. The number of aromatic hydroxyl groups is 1. The highest BCUT2D eigenvalue weighted by atomic mass is 16.3. The molecule has 0 saturated heterocycles. The Balaban J connectivity index is 1.96. The van der Waals surface area contributed by atoms with Crippen molar-refractivity contribution in [1.29, 1.82) is 0 Å². The molecule has 2 aromatic carbocycles. The van der Waals surface area contributed by atoms with E-state index >= 15 is 0 Å². The second-order valence-corrected chi connectivity index (χ2v) is 5.65. The molecule has 1 amide bonds. The van der Waals surface area contributed by atoms with Gasteiger partial charge in [0.25, 0.3) is 0 Å². The third kappa shape index (κ3) is 5.21. The van der Waals surface area contributed by atoms with Crippen LogP contribution in [-0.4, -0.2) is 36.4 Å². The van der Waals surface area contributed by atoms with Crippen LogP contribution in [0.5, 0.6) is 5.75 Å².